The molecule has 31 heavy (non-hydrogen) atoms. The molecule has 6 heteroatoms. The van der Waals surface area contributed by atoms with Crippen LogP contribution in [0.3, 0.4) is 0 Å². The smallest absolute Gasteiger partial charge is 0.252 e. The monoisotopic (exact) mass is 433 g/mol. The number of carbonyl (C=O) groups is 1. The minimum absolute atomic E-state index is 0.157. The van der Waals surface area contributed by atoms with Crippen molar-refractivity contribution >= 4 is 28.5 Å². The largest absolute Gasteiger partial charge is 0.492 e. The molecule has 1 N–H and O–H groups in total. The number of nitrogens with zero attached hydrogens (tertiary/aromatic N) is 2. The van der Waals surface area contributed by atoms with Crippen LogP contribution in [0.2, 0.25) is 5.02 Å². The zero-order valence-electron chi connectivity index (χ0n) is 17.1. The lowest BCUT2D eigenvalue weighted by atomic mass is 10.2. The van der Waals surface area contributed by atoms with Crippen molar-refractivity contribution in [2.75, 3.05) is 13.2 Å². The molecule has 0 fully saturated rings. The zero-order chi connectivity index (χ0) is 21.5. The Morgan fingerprint density at radius 2 is 1.71 bits per heavy atom. The summed E-state index contributed by atoms with van der Waals surface area (Å²) in [5.41, 5.74) is 2.56. The minimum Gasteiger partial charge on any atom is -0.492 e. The van der Waals surface area contributed by atoms with Crippen LogP contribution in [0.4, 0.5) is 0 Å². The van der Waals surface area contributed by atoms with Gasteiger partial charge in [0.05, 0.1) is 28.2 Å². The summed E-state index contributed by atoms with van der Waals surface area (Å²) in [6.07, 6.45) is 1.53. The summed E-state index contributed by atoms with van der Waals surface area (Å²) >= 11 is 6.10. The zero-order valence-corrected chi connectivity index (χ0v) is 17.9. The number of rotatable bonds is 9. The molecule has 0 bridgehead atoms. The molecule has 0 saturated carbocycles. The second-order valence-corrected chi connectivity index (χ2v) is 7.58. The van der Waals surface area contributed by atoms with Gasteiger partial charge >= 0.3 is 0 Å². The van der Waals surface area contributed by atoms with Gasteiger partial charge in [-0.2, -0.15) is 0 Å². The third-order valence-corrected chi connectivity index (χ3v) is 5.37. The van der Waals surface area contributed by atoms with Crippen molar-refractivity contribution in [2.45, 2.75) is 19.4 Å². The molecule has 1 amide bonds. The summed E-state index contributed by atoms with van der Waals surface area (Å²) in [7, 11) is 0. The summed E-state index contributed by atoms with van der Waals surface area (Å²) in [5.74, 6) is 1.69. The maximum Gasteiger partial charge on any atom is 0.252 e. The first kappa shape index (κ1) is 20.9. The fourth-order valence-electron chi connectivity index (χ4n) is 3.53. The quantitative estimate of drug-likeness (QED) is 0.372. The molecule has 0 saturated heterocycles. The van der Waals surface area contributed by atoms with Gasteiger partial charge in [0, 0.05) is 13.0 Å². The Labute approximate surface area is 186 Å². The number of aryl methyl sites for hydroxylation is 1. The molecular weight excluding hydrogens is 410 g/mol. The summed E-state index contributed by atoms with van der Waals surface area (Å²) in [5, 5.41) is 3.40. The predicted molar refractivity (Wildman–Crippen MR) is 124 cm³/mol. The standard InChI is InChI=1S/C25H24ClN3O2/c26-21-12-5-4-11-20(21)25(30)27-16-8-15-24-28-22-13-6-7-14-23(22)29(24)17-18-31-19-9-2-1-3-10-19/h1-7,9-14H,8,15-18H2,(H,27,30). The number of benzene rings is 3. The van der Waals surface area contributed by atoms with Gasteiger partial charge in [-0.05, 0) is 42.8 Å². The number of ether oxygens (including phenoxy) is 1. The number of amides is 1. The molecule has 0 aliphatic rings. The van der Waals surface area contributed by atoms with E-state index in [1.54, 1.807) is 18.2 Å². The molecule has 0 aliphatic heterocycles. The first-order valence-electron chi connectivity index (χ1n) is 10.4. The normalized spacial score (nSPS) is 10.9. The topological polar surface area (TPSA) is 56.2 Å². The third kappa shape index (κ3) is 5.25. The second-order valence-electron chi connectivity index (χ2n) is 7.17. The number of halogens is 1. The van der Waals surface area contributed by atoms with Crippen molar-refractivity contribution in [2.24, 2.45) is 0 Å². The average molecular weight is 434 g/mol. The lowest BCUT2D eigenvalue weighted by Gasteiger charge is -2.11. The van der Waals surface area contributed by atoms with Gasteiger partial charge in [-0.25, -0.2) is 4.98 Å². The minimum atomic E-state index is -0.157. The van der Waals surface area contributed by atoms with Gasteiger partial charge < -0.3 is 14.6 Å². The van der Waals surface area contributed by atoms with Crippen LogP contribution in [0.5, 0.6) is 5.75 Å². The summed E-state index contributed by atoms with van der Waals surface area (Å²) in [6, 6.07) is 25.0. The van der Waals surface area contributed by atoms with Crippen molar-refractivity contribution in [3.05, 3.63) is 95.3 Å². The number of carbonyl (C=O) groups excluding carboxylic acids is 1. The molecule has 4 rings (SSSR count). The Bertz CT molecular complexity index is 1160. The molecular formula is C25H24ClN3O2. The van der Waals surface area contributed by atoms with Gasteiger partial charge in [0.25, 0.3) is 5.91 Å². The Kier molecular flexibility index (Phi) is 6.85. The molecule has 3 aromatic carbocycles. The van der Waals surface area contributed by atoms with Gasteiger partial charge in [0.1, 0.15) is 18.2 Å². The Balaban J connectivity index is 1.37. The van der Waals surface area contributed by atoms with E-state index in [2.05, 4.69) is 16.0 Å². The van der Waals surface area contributed by atoms with E-state index in [1.165, 1.54) is 0 Å². The van der Waals surface area contributed by atoms with Crippen LogP contribution in [0.15, 0.2) is 78.9 Å². The van der Waals surface area contributed by atoms with E-state index < -0.39 is 0 Å². The van der Waals surface area contributed by atoms with Gasteiger partial charge in [0.15, 0.2) is 0 Å². The summed E-state index contributed by atoms with van der Waals surface area (Å²) in [6.45, 7) is 1.81. The Morgan fingerprint density at radius 3 is 2.55 bits per heavy atom. The molecule has 158 valence electrons. The van der Waals surface area contributed by atoms with Crippen molar-refractivity contribution < 1.29 is 9.53 Å². The van der Waals surface area contributed by atoms with Crippen molar-refractivity contribution in [1.82, 2.24) is 14.9 Å². The van der Waals surface area contributed by atoms with Crippen molar-refractivity contribution in [1.29, 1.82) is 0 Å². The van der Waals surface area contributed by atoms with Crippen molar-refractivity contribution in [3.8, 4) is 5.75 Å². The van der Waals surface area contributed by atoms with Crippen LogP contribution in [-0.2, 0) is 13.0 Å². The predicted octanol–water partition coefficient (Wildman–Crippen LogP) is 5.13. The molecule has 0 atom stereocenters. The number of imidazole rings is 1. The van der Waals surface area contributed by atoms with E-state index in [0.717, 1.165) is 35.4 Å². The fourth-order valence-corrected chi connectivity index (χ4v) is 3.75. The molecule has 5 nitrogen and oxygen atoms in total. The van der Waals surface area contributed by atoms with E-state index in [-0.39, 0.29) is 5.91 Å². The number of hydrogen-bond acceptors (Lipinski definition) is 3. The maximum atomic E-state index is 12.3. The maximum absolute atomic E-state index is 12.3. The number of hydrogen-bond donors (Lipinski definition) is 1. The van der Waals surface area contributed by atoms with E-state index in [9.17, 15) is 4.79 Å². The van der Waals surface area contributed by atoms with Gasteiger partial charge in [-0.15, -0.1) is 0 Å². The SMILES string of the molecule is O=C(NCCCc1nc2ccccc2n1CCOc1ccccc1)c1ccccc1Cl. The van der Waals surface area contributed by atoms with Crippen LogP contribution in [0.1, 0.15) is 22.6 Å². The number of aromatic nitrogens is 2. The number of para-hydroxylation sites is 3. The highest BCUT2D eigenvalue weighted by Gasteiger charge is 2.12. The van der Waals surface area contributed by atoms with Crippen LogP contribution in [0, 0.1) is 0 Å². The second kappa shape index (κ2) is 10.1. The number of nitrogens with one attached hydrogen (secondary N) is 1. The van der Waals surface area contributed by atoms with Crippen LogP contribution < -0.4 is 10.1 Å². The van der Waals surface area contributed by atoms with Gasteiger partial charge in [-0.3, -0.25) is 4.79 Å². The summed E-state index contributed by atoms with van der Waals surface area (Å²) in [4.78, 5) is 17.1. The van der Waals surface area contributed by atoms with E-state index in [4.69, 9.17) is 21.3 Å². The highest BCUT2D eigenvalue weighted by atomic mass is 35.5. The molecule has 0 spiro atoms. The number of fused-ring (bicyclic) bond motifs is 1. The van der Waals surface area contributed by atoms with Gasteiger partial charge in [0.2, 0.25) is 0 Å². The van der Waals surface area contributed by atoms with E-state index >= 15 is 0 Å². The molecule has 0 aliphatic carbocycles. The van der Waals surface area contributed by atoms with E-state index in [0.29, 0.717) is 30.3 Å². The van der Waals surface area contributed by atoms with Gasteiger partial charge in [-0.1, -0.05) is 54.1 Å². The lowest BCUT2D eigenvalue weighted by molar-refractivity contribution is 0.0953. The highest BCUT2D eigenvalue weighted by Crippen LogP contribution is 2.18. The van der Waals surface area contributed by atoms with Crippen LogP contribution >= 0.6 is 11.6 Å². The fraction of sp³-hybridized carbons (Fsp3) is 0.200. The Hall–Kier alpha value is -3.31. The third-order valence-electron chi connectivity index (χ3n) is 5.04. The molecule has 0 radical (unpaired) electrons. The molecule has 4 aromatic rings. The van der Waals surface area contributed by atoms with E-state index in [1.807, 2.05) is 54.6 Å². The highest BCUT2D eigenvalue weighted by molar-refractivity contribution is 6.33. The molecule has 0 unspecified atom stereocenters. The first-order valence-corrected chi connectivity index (χ1v) is 10.7. The lowest BCUT2D eigenvalue weighted by Crippen LogP contribution is -2.25. The Morgan fingerprint density at radius 1 is 0.968 bits per heavy atom. The van der Waals surface area contributed by atoms with Crippen LogP contribution in [0.25, 0.3) is 11.0 Å². The average Bonchev–Trinajstić information content (AvgIpc) is 3.15. The van der Waals surface area contributed by atoms with Crippen LogP contribution in [-0.4, -0.2) is 28.6 Å². The first-order chi connectivity index (χ1) is 15.2. The molecule has 1 heterocycles. The summed E-state index contributed by atoms with van der Waals surface area (Å²) < 4.78 is 8.08. The molecule has 1 aromatic heterocycles. The van der Waals surface area contributed by atoms with Crippen molar-refractivity contribution in [3.63, 3.8) is 0 Å².